The van der Waals surface area contributed by atoms with Crippen molar-refractivity contribution in [2.45, 2.75) is 38.3 Å². The van der Waals surface area contributed by atoms with Crippen LogP contribution in [0.1, 0.15) is 39.9 Å². The number of aromatic nitrogens is 2. The number of carbonyl (C=O) groups excluding carboxylic acids is 2. The Labute approximate surface area is 206 Å². The molecular weight excluding hydrogens is 468 g/mol. The van der Waals surface area contributed by atoms with Gasteiger partial charge in [0.25, 0.3) is 0 Å². The summed E-state index contributed by atoms with van der Waals surface area (Å²) in [5.74, 6) is -1.60. The number of rotatable bonds is 9. The van der Waals surface area contributed by atoms with Crippen LogP contribution in [-0.2, 0) is 20.9 Å². The molecule has 0 aliphatic heterocycles. The molecule has 0 bridgehead atoms. The largest absolute Gasteiger partial charge is 0.481 e. The number of benzene rings is 2. The highest BCUT2D eigenvalue weighted by molar-refractivity contribution is 7.11. The number of carboxylic acid groups (broad SMARTS) is 1. The molecule has 3 aromatic rings. The predicted molar refractivity (Wildman–Crippen MR) is 130 cm³/mol. The lowest BCUT2D eigenvalue weighted by atomic mass is 9.98. The van der Waals surface area contributed by atoms with Gasteiger partial charge in [-0.3, -0.25) is 9.59 Å². The average molecular weight is 495 g/mol. The monoisotopic (exact) mass is 494 g/mol. The van der Waals surface area contributed by atoms with Crippen LogP contribution < -0.4 is 5.32 Å². The highest BCUT2D eigenvalue weighted by Gasteiger charge is 2.30. The molecule has 10 heteroatoms. The second-order valence-corrected chi connectivity index (χ2v) is 9.63. The molecule has 0 radical (unpaired) electrons. The molecule has 0 spiro atoms. The lowest BCUT2D eigenvalue weighted by Crippen LogP contribution is -2.47. The summed E-state index contributed by atoms with van der Waals surface area (Å²) in [5.41, 5.74) is 4.37. The number of carbonyl (C=O) groups is 3. The van der Waals surface area contributed by atoms with E-state index in [1.807, 2.05) is 55.5 Å². The summed E-state index contributed by atoms with van der Waals surface area (Å²) in [5, 5.41) is 21.0. The fraction of sp³-hybridized carbons (Fsp3) is 0.320. The van der Waals surface area contributed by atoms with Crippen LogP contribution in [0.25, 0.3) is 11.1 Å². The van der Waals surface area contributed by atoms with E-state index in [9.17, 15) is 14.4 Å². The van der Waals surface area contributed by atoms with Crippen LogP contribution in [-0.4, -0.2) is 57.9 Å². The SMILES string of the molecule is Cc1nnc(CN(C)C(=O)C(CCC(=O)O)NC(=O)OCC2c3ccccc3-c3ccccc32)s1. The molecule has 2 amide bonds. The number of aryl methyl sites for hydroxylation is 1. The fourth-order valence-electron chi connectivity index (χ4n) is 4.26. The summed E-state index contributed by atoms with van der Waals surface area (Å²) in [6, 6.07) is 14.9. The summed E-state index contributed by atoms with van der Waals surface area (Å²) in [4.78, 5) is 38.2. The molecule has 182 valence electrons. The van der Waals surface area contributed by atoms with Crippen molar-refractivity contribution >= 4 is 29.3 Å². The summed E-state index contributed by atoms with van der Waals surface area (Å²) < 4.78 is 5.54. The topological polar surface area (TPSA) is 122 Å². The summed E-state index contributed by atoms with van der Waals surface area (Å²) in [6.45, 7) is 2.12. The smallest absolute Gasteiger partial charge is 0.407 e. The van der Waals surface area contributed by atoms with E-state index < -0.39 is 24.0 Å². The average Bonchev–Trinajstić information content (AvgIpc) is 3.40. The zero-order valence-corrected chi connectivity index (χ0v) is 20.2. The van der Waals surface area contributed by atoms with Gasteiger partial charge in [-0.05, 0) is 35.6 Å². The number of hydrogen-bond acceptors (Lipinski definition) is 7. The molecule has 35 heavy (non-hydrogen) atoms. The number of nitrogens with one attached hydrogen (secondary N) is 1. The lowest BCUT2D eigenvalue weighted by Gasteiger charge is -2.24. The number of aliphatic carboxylic acids is 1. The highest BCUT2D eigenvalue weighted by atomic mass is 32.1. The number of hydrogen-bond donors (Lipinski definition) is 2. The maximum Gasteiger partial charge on any atom is 0.407 e. The Balaban J connectivity index is 1.41. The van der Waals surface area contributed by atoms with E-state index in [2.05, 4.69) is 15.5 Å². The highest BCUT2D eigenvalue weighted by Crippen LogP contribution is 2.44. The van der Waals surface area contributed by atoms with Crippen molar-refractivity contribution in [1.82, 2.24) is 20.4 Å². The minimum absolute atomic E-state index is 0.0577. The summed E-state index contributed by atoms with van der Waals surface area (Å²) in [7, 11) is 1.58. The van der Waals surface area contributed by atoms with Crippen molar-refractivity contribution in [2.24, 2.45) is 0 Å². The van der Waals surface area contributed by atoms with E-state index in [0.29, 0.717) is 5.01 Å². The van der Waals surface area contributed by atoms with Crippen LogP contribution in [0.15, 0.2) is 48.5 Å². The van der Waals surface area contributed by atoms with Crippen LogP contribution in [0.4, 0.5) is 4.79 Å². The van der Waals surface area contributed by atoms with Crippen molar-refractivity contribution in [3.8, 4) is 11.1 Å². The standard InChI is InChI=1S/C25H26N4O5S/c1-15-27-28-22(35-15)13-29(2)24(32)21(11-12-23(30)31)26-25(33)34-14-20-18-9-5-3-7-16(18)17-8-4-6-10-19(17)20/h3-10,20-21H,11-14H2,1-2H3,(H,26,33)(H,30,31). The van der Waals surface area contributed by atoms with E-state index in [-0.39, 0.29) is 31.9 Å². The summed E-state index contributed by atoms with van der Waals surface area (Å²) >= 11 is 1.37. The molecule has 9 nitrogen and oxygen atoms in total. The molecule has 1 aromatic heterocycles. The minimum atomic E-state index is -1.06. The first-order chi connectivity index (χ1) is 16.8. The number of ether oxygens (including phenoxy) is 1. The molecule has 2 N–H and O–H groups in total. The van der Waals surface area contributed by atoms with Gasteiger partial charge in [0.05, 0.1) is 6.54 Å². The van der Waals surface area contributed by atoms with Gasteiger partial charge in [0.1, 0.15) is 22.7 Å². The van der Waals surface area contributed by atoms with Gasteiger partial charge in [-0.2, -0.15) is 0 Å². The normalized spacial score (nSPS) is 13.0. The van der Waals surface area contributed by atoms with E-state index in [1.54, 1.807) is 7.05 Å². The first-order valence-electron chi connectivity index (χ1n) is 11.2. The Morgan fingerprint density at radius 1 is 1.09 bits per heavy atom. The van der Waals surface area contributed by atoms with Gasteiger partial charge >= 0.3 is 12.1 Å². The van der Waals surface area contributed by atoms with Gasteiger partial charge in [0.2, 0.25) is 5.91 Å². The molecule has 1 unspecified atom stereocenters. The van der Waals surface area contributed by atoms with Gasteiger partial charge in [-0.1, -0.05) is 59.9 Å². The van der Waals surface area contributed by atoms with Crippen molar-refractivity contribution in [3.63, 3.8) is 0 Å². The molecule has 1 aliphatic carbocycles. The summed E-state index contributed by atoms with van der Waals surface area (Å²) in [6.07, 6.45) is -1.10. The van der Waals surface area contributed by atoms with Crippen LogP contribution in [0, 0.1) is 6.92 Å². The zero-order chi connectivity index (χ0) is 24.9. The van der Waals surface area contributed by atoms with Crippen LogP contribution in [0.3, 0.4) is 0 Å². The van der Waals surface area contributed by atoms with Crippen molar-refractivity contribution in [3.05, 3.63) is 69.7 Å². The molecule has 1 atom stereocenters. The number of amides is 2. The number of nitrogens with zero attached hydrogens (tertiary/aromatic N) is 3. The molecule has 2 aromatic carbocycles. The third-order valence-electron chi connectivity index (χ3n) is 5.90. The Morgan fingerprint density at radius 2 is 1.71 bits per heavy atom. The number of fused-ring (bicyclic) bond motifs is 3. The number of alkyl carbamates (subject to hydrolysis) is 1. The zero-order valence-electron chi connectivity index (χ0n) is 19.4. The quantitative estimate of drug-likeness (QED) is 0.466. The van der Waals surface area contributed by atoms with Crippen LogP contribution >= 0.6 is 11.3 Å². The van der Waals surface area contributed by atoms with E-state index in [0.717, 1.165) is 27.3 Å². The first-order valence-corrected chi connectivity index (χ1v) is 12.0. The lowest BCUT2D eigenvalue weighted by molar-refractivity contribution is -0.138. The Bertz CT molecular complexity index is 1200. The second kappa shape index (κ2) is 10.6. The maximum atomic E-state index is 13.0. The van der Waals surface area contributed by atoms with Crippen LogP contribution in [0.2, 0.25) is 0 Å². The van der Waals surface area contributed by atoms with E-state index in [1.165, 1.54) is 16.2 Å². The van der Waals surface area contributed by atoms with Gasteiger partial charge in [-0.25, -0.2) is 4.79 Å². The molecule has 0 saturated heterocycles. The molecule has 4 rings (SSSR count). The molecule has 1 aliphatic rings. The van der Waals surface area contributed by atoms with Gasteiger partial charge in [0, 0.05) is 19.4 Å². The molecule has 1 heterocycles. The second-order valence-electron chi connectivity index (χ2n) is 8.36. The first kappa shape index (κ1) is 24.3. The Morgan fingerprint density at radius 3 is 2.29 bits per heavy atom. The van der Waals surface area contributed by atoms with E-state index >= 15 is 0 Å². The fourth-order valence-corrected chi connectivity index (χ4v) is 5.02. The third kappa shape index (κ3) is 5.65. The van der Waals surface area contributed by atoms with Crippen LogP contribution in [0.5, 0.6) is 0 Å². The Hall–Kier alpha value is -3.79. The van der Waals surface area contributed by atoms with Gasteiger partial charge in [0.15, 0.2) is 0 Å². The Kier molecular flexibility index (Phi) is 7.40. The van der Waals surface area contributed by atoms with Crippen molar-refractivity contribution < 1.29 is 24.2 Å². The van der Waals surface area contributed by atoms with Crippen molar-refractivity contribution in [2.75, 3.05) is 13.7 Å². The van der Waals surface area contributed by atoms with Crippen molar-refractivity contribution in [1.29, 1.82) is 0 Å². The third-order valence-corrected chi connectivity index (χ3v) is 6.72. The minimum Gasteiger partial charge on any atom is -0.481 e. The molecule has 0 saturated carbocycles. The number of likely N-dealkylation sites (N-methyl/N-ethyl adjacent to an activating group) is 1. The maximum absolute atomic E-state index is 13.0. The van der Waals surface area contributed by atoms with E-state index in [4.69, 9.17) is 9.84 Å². The molecular formula is C25H26N4O5S. The number of carboxylic acids is 1. The molecule has 0 fully saturated rings. The van der Waals surface area contributed by atoms with Gasteiger partial charge < -0.3 is 20.1 Å². The predicted octanol–water partition coefficient (Wildman–Crippen LogP) is 3.58. The van der Waals surface area contributed by atoms with Gasteiger partial charge in [-0.15, -0.1) is 10.2 Å².